The van der Waals surface area contributed by atoms with E-state index < -0.39 is 22.0 Å². The number of carbonyl (C=O) groups is 1. The molecule has 1 amide bonds. The average Bonchev–Trinajstić information content (AvgIpc) is 2.63. The Balaban J connectivity index is 2.42. The van der Waals surface area contributed by atoms with Crippen LogP contribution in [0.2, 0.25) is 0 Å². The van der Waals surface area contributed by atoms with Gasteiger partial charge in [-0.15, -0.1) is 0 Å². The number of methoxy groups -OCH3 is 2. The number of carbonyl (C=O) groups excluding carboxylic acids is 1. The minimum atomic E-state index is -3.71. The number of benzene rings is 2. The van der Waals surface area contributed by atoms with Gasteiger partial charge in [-0.05, 0) is 50.1 Å². The molecule has 152 valence electrons. The van der Waals surface area contributed by atoms with Gasteiger partial charge in [0.1, 0.15) is 17.5 Å². The lowest BCUT2D eigenvalue weighted by Crippen LogP contribution is -2.45. The number of sulfonamides is 1. The summed E-state index contributed by atoms with van der Waals surface area (Å²) in [6, 6.07) is 9.49. The summed E-state index contributed by atoms with van der Waals surface area (Å²) >= 11 is 0. The van der Waals surface area contributed by atoms with Crippen molar-refractivity contribution >= 4 is 27.3 Å². The molecule has 0 saturated heterocycles. The first-order chi connectivity index (χ1) is 13.1. The molecule has 1 atom stereocenters. The molecular weight excluding hydrogens is 380 g/mol. The molecule has 0 saturated carbocycles. The lowest BCUT2D eigenvalue weighted by atomic mass is 10.1. The molecule has 1 N–H and O–H groups in total. The summed E-state index contributed by atoms with van der Waals surface area (Å²) in [5.74, 6) is 0.495. The summed E-state index contributed by atoms with van der Waals surface area (Å²) in [6.07, 6.45) is 1.09. The molecule has 0 radical (unpaired) electrons. The summed E-state index contributed by atoms with van der Waals surface area (Å²) < 4.78 is 36.6. The molecule has 0 bridgehead atoms. The van der Waals surface area contributed by atoms with Crippen molar-refractivity contribution in [3.63, 3.8) is 0 Å². The van der Waals surface area contributed by atoms with Crippen LogP contribution in [-0.2, 0) is 14.8 Å². The summed E-state index contributed by atoms with van der Waals surface area (Å²) in [6.45, 7) is 5.22. The Bertz CT molecular complexity index is 973. The van der Waals surface area contributed by atoms with Gasteiger partial charge >= 0.3 is 0 Å². The molecule has 0 fully saturated rings. The second-order valence-corrected chi connectivity index (χ2v) is 8.44. The molecule has 0 unspecified atom stereocenters. The van der Waals surface area contributed by atoms with Crippen molar-refractivity contribution < 1.29 is 22.7 Å². The Morgan fingerprint density at radius 1 is 1.07 bits per heavy atom. The highest BCUT2D eigenvalue weighted by atomic mass is 32.2. The minimum Gasteiger partial charge on any atom is -0.497 e. The molecule has 2 aromatic carbocycles. The van der Waals surface area contributed by atoms with Crippen LogP contribution in [0.5, 0.6) is 11.5 Å². The quantitative estimate of drug-likeness (QED) is 0.764. The topological polar surface area (TPSA) is 84.9 Å². The van der Waals surface area contributed by atoms with Crippen LogP contribution in [0.15, 0.2) is 36.4 Å². The van der Waals surface area contributed by atoms with Crippen molar-refractivity contribution in [2.75, 3.05) is 30.1 Å². The SMILES string of the molecule is COc1ccc(OC)c(NC(=O)[C@@H](C)N(c2cc(C)ccc2C)S(C)(=O)=O)c1. The Labute approximate surface area is 166 Å². The van der Waals surface area contributed by atoms with E-state index in [2.05, 4.69) is 5.32 Å². The number of amides is 1. The van der Waals surface area contributed by atoms with E-state index in [1.54, 1.807) is 31.2 Å². The fourth-order valence-electron chi connectivity index (χ4n) is 2.89. The number of aryl methyl sites for hydroxylation is 2. The van der Waals surface area contributed by atoms with E-state index in [1.165, 1.54) is 14.2 Å². The third-order valence-electron chi connectivity index (χ3n) is 4.36. The van der Waals surface area contributed by atoms with Crippen LogP contribution in [0.3, 0.4) is 0 Å². The molecule has 0 aromatic heterocycles. The van der Waals surface area contributed by atoms with E-state index >= 15 is 0 Å². The fraction of sp³-hybridized carbons (Fsp3) is 0.350. The summed E-state index contributed by atoms with van der Waals surface area (Å²) in [5.41, 5.74) is 2.53. The smallest absolute Gasteiger partial charge is 0.248 e. The fourth-order valence-corrected chi connectivity index (χ4v) is 4.11. The maximum atomic E-state index is 12.9. The van der Waals surface area contributed by atoms with E-state index in [0.29, 0.717) is 22.9 Å². The van der Waals surface area contributed by atoms with E-state index in [9.17, 15) is 13.2 Å². The molecule has 2 rings (SSSR count). The van der Waals surface area contributed by atoms with Crippen molar-refractivity contribution in [1.82, 2.24) is 0 Å². The number of anilines is 2. The number of ether oxygens (including phenoxy) is 2. The zero-order chi connectivity index (χ0) is 21.1. The molecule has 0 aliphatic heterocycles. The zero-order valence-corrected chi connectivity index (χ0v) is 17.8. The summed E-state index contributed by atoms with van der Waals surface area (Å²) in [5, 5.41) is 2.74. The standard InChI is InChI=1S/C20H26N2O5S/c1-13-7-8-14(2)18(11-13)22(28(6,24)25)15(3)20(23)21-17-12-16(26-4)9-10-19(17)27-5/h7-12,15H,1-6H3,(H,21,23)/t15-/m1/s1. The number of rotatable bonds is 7. The van der Waals surface area contributed by atoms with Gasteiger partial charge in [0.2, 0.25) is 15.9 Å². The van der Waals surface area contributed by atoms with Gasteiger partial charge in [-0.25, -0.2) is 8.42 Å². The first-order valence-electron chi connectivity index (χ1n) is 8.68. The predicted octanol–water partition coefficient (Wildman–Crippen LogP) is 3.11. The number of nitrogens with zero attached hydrogens (tertiary/aromatic N) is 1. The number of hydrogen-bond donors (Lipinski definition) is 1. The van der Waals surface area contributed by atoms with Crippen LogP contribution >= 0.6 is 0 Å². The lowest BCUT2D eigenvalue weighted by molar-refractivity contribution is -0.116. The van der Waals surface area contributed by atoms with Crippen molar-refractivity contribution in [2.24, 2.45) is 0 Å². The van der Waals surface area contributed by atoms with Crippen LogP contribution < -0.4 is 19.1 Å². The maximum Gasteiger partial charge on any atom is 0.248 e. The molecule has 0 spiro atoms. The Morgan fingerprint density at radius 2 is 1.75 bits per heavy atom. The molecule has 0 heterocycles. The van der Waals surface area contributed by atoms with E-state index in [-0.39, 0.29) is 0 Å². The number of hydrogen-bond acceptors (Lipinski definition) is 5. The molecular formula is C20H26N2O5S. The second kappa shape index (κ2) is 8.52. The Hall–Kier alpha value is -2.74. The minimum absolute atomic E-state index is 0.396. The Kier molecular flexibility index (Phi) is 6.56. The van der Waals surface area contributed by atoms with Crippen molar-refractivity contribution in [3.05, 3.63) is 47.5 Å². The predicted molar refractivity (Wildman–Crippen MR) is 111 cm³/mol. The van der Waals surface area contributed by atoms with Gasteiger partial charge < -0.3 is 14.8 Å². The van der Waals surface area contributed by atoms with Crippen LogP contribution in [0.1, 0.15) is 18.1 Å². The Morgan fingerprint density at radius 3 is 2.32 bits per heavy atom. The highest BCUT2D eigenvalue weighted by molar-refractivity contribution is 7.92. The highest BCUT2D eigenvalue weighted by Crippen LogP contribution is 2.30. The normalized spacial score (nSPS) is 12.2. The highest BCUT2D eigenvalue weighted by Gasteiger charge is 2.30. The van der Waals surface area contributed by atoms with Crippen LogP contribution in [0.25, 0.3) is 0 Å². The van der Waals surface area contributed by atoms with Gasteiger partial charge in [-0.1, -0.05) is 12.1 Å². The third-order valence-corrected chi connectivity index (χ3v) is 5.58. The molecule has 28 heavy (non-hydrogen) atoms. The van der Waals surface area contributed by atoms with Crippen LogP contribution in [0, 0.1) is 13.8 Å². The lowest BCUT2D eigenvalue weighted by Gasteiger charge is -2.30. The van der Waals surface area contributed by atoms with Crippen LogP contribution in [-0.4, -0.2) is 40.8 Å². The third kappa shape index (κ3) is 4.75. The van der Waals surface area contributed by atoms with Crippen molar-refractivity contribution in [3.8, 4) is 11.5 Å². The maximum absolute atomic E-state index is 12.9. The molecule has 2 aromatic rings. The monoisotopic (exact) mass is 406 g/mol. The molecule has 8 heteroatoms. The van der Waals surface area contributed by atoms with Crippen molar-refractivity contribution in [1.29, 1.82) is 0 Å². The van der Waals surface area contributed by atoms with Gasteiger partial charge in [-0.3, -0.25) is 9.10 Å². The van der Waals surface area contributed by atoms with Gasteiger partial charge in [0.15, 0.2) is 0 Å². The van der Waals surface area contributed by atoms with Gasteiger partial charge in [0.05, 0.1) is 31.9 Å². The number of nitrogens with one attached hydrogen (secondary N) is 1. The van der Waals surface area contributed by atoms with Gasteiger partial charge in [-0.2, -0.15) is 0 Å². The van der Waals surface area contributed by atoms with Gasteiger partial charge in [0.25, 0.3) is 0 Å². The van der Waals surface area contributed by atoms with Crippen molar-refractivity contribution in [2.45, 2.75) is 26.8 Å². The van der Waals surface area contributed by atoms with E-state index in [0.717, 1.165) is 21.7 Å². The first kappa shape index (κ1) is 21.6. The molecule has 7 nitrogen and oxygen atoms in total. The first-order valence-corrected chi connectivity index (χ1v) is 10.5. The van der Waals surface area contributed by atoms with E-state index in [4.69, 9.17) is 9.47 Å². The summed E-state index contributed by atoms with van der Waals surface area (Å²) in [4.78, 5) is 12.9. The van der Waals surface area contributed by atoms with E-state index in [1.807, 2.05) is 26.0 Å². The second-order valence-electron chi connectivity index (χ2n) is 6.58. The largest absolute Gasteiger partial charge is 0.497 e. The van der Waals surface area contributed by atoms with Crippen LogP contribution in [0.4, 0.5) is 11.4 Å². The average molecular weight is 407 g/mol. The summed E-state index contributed by atoms with van der Waals surface area (Å²) in [7, 11) is -0.704. The van der Waals surface area contributed by atoms with Gasteiger partial charge in [0, 0.05) is 6.07 Å². The molecule has 0 aliphatic rings. The molecule has 0 aliphatic carbocycles. The zero-order valence-electron chi connectivity index (χ0n) is 16.9.